The van der Waals surface area contributed by atoms with Gasteiger partial charge in [0.05, 0.1) is 13.2 Å². The standard InChI is InChI=1S/C16H28N4O.HI/c1-12(2)15(20-14-8-6-5-7-9-14)10-18-16(17)19-13(3)11-21-4;/h5-9,12-13,15,20H,10-11H2,1-4H3,(H3,17,18,19);1H. The molecule has 1 rings (SSSR count). The van der Waals surface area contributed by atoms with E-state index >= 15 is 0 Å². The molecule has 0 heterocycles. The van der Waals surface area contributed by atoms with Crippen molar-refractivity contribution in [1.82, 2.24) is 5.32 Å². The molecule has 22 heavy (non-hydrogen) atoms. The summed E-state index contributed by atoms with van der Waals surface area (Å²) >= 11 is 0. The molecule has 0 radical (unpaired) electrons. The summed E-state index contributed by atoms with van der Waals surface area (Å²) in [6.07, 6.45) is 0. The zero-order valence-electron chi connectivity index (χ0n) is 13.9. The maximum Gasteiger partial charge on any atom is 0.188 e. The first-order valence-electron chi connectivity index (χ1n) is 7.40. The van der Waals surface area contributed by atoms with E-state index in [-0.39, 0.29) is 36.1 Å². The molecule has 1 aromatic rings. The lowest BCUT2D eigenvalue weighted by atomic mass is 10.0. The van der Waals surface area contributed by atoms with Crippen molar-refractivity contribution in [2.24, 2.45) is 16.6 Å². The largest absolute Gasteiger partial charge is 0.383 e. The molecule has 0 aromatic heterocycles. The van der Waals surface area contributed by atoms with E-state index in [9.17, 15) is 0 Å². The summed E-state index contributed by atoms with van der Waals surface area (Å²) in [5, 5.41) is 6.61. The van der Waals surface area contributed by atoms with E-state index in [1.54, 1.807) is 7.11 Å². The average Bonchev–Trinajstić information content (AvgIpc) is 2.44. The highest BCUT2D eigenvalue weighted by Crippen LogP contribution is 2.12. The van der Waals surface area contributed by atoms with Crippen molar-refractivity contribution in [3.8, 4) is 0 Å². The quantitative estimate of drug-likeness (QED) is 0.344. The Morgan fingerprint density at radius 2 is 1.86 bits per heavy atom. The Bertz CT molecular complexity index is 425. The topological polar surface area (TPSA) is 71.7 Å². The van der Waals surface area contributed by atoms with Crippen LogP contribution < -0.4 is 16.4 Å². The van der Waals surface area contributed by atoms with Crippen molar-refractivity contribution in [2.75, 3.05) is 25.6 Å². The number of nitrogens with two attached hydrogens (primary N) is 1. The van der Waals surface area contributed by atoms with Gasteiger partial charge in [0.15, 0.2) is 5.96 Å². The zero-order chi connectivity index (χ0) is 15.7. The SMILES string of the molecule is COCC(C)NC(N)=NCC(Nc1ccccc1)C(C)C.I. The number of para-hydroxylation sites is 1. The molecular weight excluding hydrogens is 391 g/mol. The molecule has 4 N–H and O–H groups in total. The molecule has 0 saturated heterocycles. The van der Waals surface area contributed by atoms with Gasteiger partial charge in [0.25, 0.3) is 0 Å². The van der Waals surface area contributed by atoms with Gasteiger partial charge in [-0.05, 0) is 25.0 Å². The fourth-order valence-corrected chi connectivity index (χ4v) is 1.96. The Balaban J connectivity index is 0.00000441. The number of nitrogens with one attached hydrogen (secondary N) is 2. The number of guanidine groups is 1. The van der Waals surface area contributed by atoms with Gasteiger partial charge in [-0.1, -0.05) is 32.0 Å². The number of aliphatic imine (C=N–C) groups is 1. The van der Waals surface area contributed by atoms with E-state index in [2.05, 4.69) is 41.6 Å². The van der Waals surface area contributed by atoms with Crippen LogP contribution in [-0.4, -0.2) is 38.3 Å². The Kier molecular flexibility index (Phi) is 11.0. The Labute approximate surface area is 151 Å². The van der Waals surface area contributed by atoms with Crippen LogP contribution in [0.15, 0.2) is 35.3 Å². The molecule has 0 aliphatic heterocycles. The van der Waals surface area contributed by atoms with E-state index < -0.39 is 0 Å². The molecule has 0 aliphatic rings. The van der Waals surface area contributed by atoms with Crippen molar-refractivity contribution in [3.63, 3.8) is 0 Å². The number of hydrogen-bond acceptors (Lipinski definition) is 3. The van der Waals surface area contributed by atoms with Crippen LogP contribution in [0, 0.1) is 5.92 Å². The smallest absolute Gasteiger partial charge is 0.188 e. The molecule has 0 bridgehead atoms. The first kappa shape index (κ1) is 21.0. The van der Waals surface area contributed by atoms with Crippen molar-refractivity contribution in [2.45, 2.75) is 32.9 Å². The molecule has 0 aliphatic carbocycles. The van der Waals surface area contributed by atoms with Gasteiger partial charge in [-0.25, -0.2) is 0 Å². The molecule has 0 amide bonds. The third kappa shape index (κ3) is 8.43. The Morgan fingerprint density at radius 3 is 2.41 bits per heavy atom. The molecule has 5 nitrogen and oxygen atoms in total. The van der Waals surface area contributed by atoms with Crippen molar-refractivity contribution < 1.29 is 4.74 Å². The van der Waals surface area contributed by atoms with Crippen LogP contribution >= 0.6 is 24.0 Å². The maximum atomic E-state index is 5.90. The van der Waals surface area contributed by atoms with Crippen LogP contribution in [-0.2, 0) is 4.74 Å². The summed E-state index contributed by atoms with van der Waals surface area (Å²) in [4.78, 5) is 4.43. The van der Waals surface area contributed by atoms with Gasteiger partial charge in [-0.3, -0.25) is 4.99 Å². The highest BCUT2D eigenvalue weighted by molar-refractivity contribution is 14.0. The summed E-state index contributed by atoms with van der Waals surface area (Å²) in [7, 11) is 1.67. The third-order valence-electron chi connectivity index (χ3n) is 3.20. The van der Waals surface area contributed by atoms with Gasteiger partial charge in [0.2, 0.25) is 0 Å². The highest BCUT2D eigenvalue weighted by Gasteiger charge is 2.13. The van der Waals surface area contributed by atoms with Gasteiger partial charge in [0, 0.05) is 24.9 Å². The van der Waals surface area contributed by atoms with Gasteiger partial charge in [-0.2, -0.15) is 0 Å². The number of hydrogen-bond donors (Lipinski definition) is 3. The van der Waals surface area contributed by atoms with E-state index in [0.29, 0.717) is 25.0 Å². The number of halogens is 1. The average molecular weight is 420 g/mol. The lowest BCUT2D eigenvalue weighted by molar-refractivity contribution is 0.179. The minimum absolute atomic E-state index is 0. The summed E-state index contributed by atoms with van der Waals surface area (Å²) < 4.78 is 5.06. The van der Waals surface area contributed by atoms with E-state index in [1.165, 1.54) is 0 Å². The minimum Gasteiger partial charge on any atom is -0.383 e. The number of nitrogens with zero attached hydrogens (tertiary/aromatic N) is 1. The predicted octanol–water partition coefficient (Wildman–Crippen LogP) is 2.68. The Hall–Kier alpha value is -1.02. The minimum atomic E-state index is 0. The fraction of sp³-hybridized carbons (Fsp3) is 0.562. The maximum absolute atomic E-state index is 5.90. The second-order valence-electron chi connectivity index (χ2n) is 5.59. The van der Waals surface area contributed by atoms with E-state index in [4.69, 9.17) is 10.5 Å². The van der Waals surface area contributed by atoms with Crippen LogP contribution in [0.1, 0.15) is 20.8 Å². The summed E-state index contributed by atoms with van der Waals surface area (Å²) in [5.41, 5.74) is 7.00. The van der Waals surface area contributed by atoms with Crippen LogP contribution in [0.3, 0.4) is 0 Å². The van der Waals surface area contributed by atoms with Gasteiger partial charge < -0.3 is 21.1 Å². The molecule has 2 atom stereocenters. The molecule has 2 unspecified atom stereocenters. The van der Waals surface area contributed by atoms with Gasteiger partial charge in [0.1, 0.15) is 0 Å². The third-order valence-corrected chi connectivity index (χ3v) is 3.20. The number of ether oxygens (including phenoxy) is 1. The molecule has 0 spiro atoms. The second kappa shape index (κ2) is 11.5. The zero-order valence-corrected chi connectivity index (χ0v) is 16.2. The van der Waals surface area contributed by atoms with Crippen molar-refractivity contribution >= 4 is 35.6 Å². The van der Waals surface area contributed by atoms with E-state index in [1.807, 2.05) is 25.1 Å². The second-order valence-corrected chi connectivity index (χ2v) is 5.59. The van der Waals surface area contributed by atoms with E-state index in [0.717, 1.165) is 5.69 Å². The predicted molar refractivity (Wildman–Crippen MR) is 105 cm³/mol. The van der Waals surface area contributed by atoms with Crippen LogP contribution in [0.5, 0.6) is 0 Å². The van der Waals surface area contributed by atoms with Crippen molar-refractivity contribution in [1.29, 1.82) is 0 Å². The number of anilines is 1. The summed E-state index contributed by atoms with van der Waals surface area (Å²) in [6.45, 7) is 7.59. The molecule has 1 aromatic carbocycles. The molecular formula is C16H29IN4O. The normalized spacial score (nSPS) is 14.1. The van der Waals surface area contributed by atoms with Gasteiger partial charge >= 0.3 is 0 Å². The van der Waals surface area contributed by atoms with Crippen molar-refractivity contribution in [3.05, 3.63) is 30.3 Å². The van der Waals surface area contributed by atoms with Gasteiger partial charge in [-0.15, -0.1) is 24.0 Å². The monoisotopic (exact) mass is 420 g/mol. The molecule has 126 valence electrons. The summed E-state index contributed by atoms with van der Waals surface area (Å²) in [6, 6.07) is 10.6. The first-order valence-corrected chi connectivity index (χ1v) is 7.40. The number of rotatable bonds is 8. The lowest BCUT2D eigenvalue weighted by Crippen LogP contribution is -2.41. The fourth-order valence-electron chi connectivity index (χ4n) is 1.96. The lowest BCUT2D eigenvalue weighted by Gasteiger charge is -2.22. The molecule has 0 fully saturated rings. The molecule has 0 saturated carbocycles. The van der Waals surface area contributed by atoms with Crippen LogP contribution in [0.25, 0.3) is 0 Å². The highest BCUT2D eigenvalue weighted by atomic mass is 127. The Morgan fingerprint density at radius 1 is 1.23 bits per heavy atom. The van der Waals surface area contributed by atoms with Crippen LogP contribution in [0.2, 0.25) is 0 Å². The number of benzene rings is 1. The first-order chi connectivity index (χ1) is 10.0. The van der Waals surface area contributed by atoms with Crippen LogP contribution in [0.4, 0.5) is 5.69 Å². The summed E-state index contributed by atoms with van der Waals surface area (Å²) in [5.74, 6) is 0.915. The molecule has 6 heteroatoms. The number of methoxy groups -OCH3 is 1.